The summed E-state index contributed by atoms with van der Waals surface area (Å²) in [6.07, 6.45) is 3.28. The monoisotopic (exact) mass is 216 g/mol. The molecule has 0 aliphatic carbocycles. The van der Waals surface area contributed by atoms with E-state index in [-0.39, 0.29) is 6.61 Å². The number of hydrogen-bond donors (Lipinski definition) is 1. The lowest BCUT2D eigenvalue weighted by Gasteiger charge is -2.10. The molecule has 1 N–H and O–H groups in total. The van der Waals surface area contributed by atoms with Crippen molar-refractivity contribution in [3.05, 3.63) is 40.8 Å². The van der Waals surface area contributed by atoms with Crippen LogP contribution in [0.1, 0.15) is 43.4 Å². The van der Waals surface area contributed by atoms with E-state index in [0.717, 1.165) is 30.7 Å². The number of rotatable bonds is 5. The van der Waals surface area contributed by atoms with Crippen LogP contribution in [0.25, 0.3) is 0 Å². The molecule has 0 aliphatic rings. The van der Waals surface area contributed by atoms with Crippen molar-refractivity contribution in [1.29, 1.82) is 5.26 Å². The fourth-order valence-electron chi connectivity index (χ4n) is 1.62. The van der Waals surface area contributed by atoms with Crippen LogP contribution in [0.15, 0.2) is 18.2 Å². The zero-order valence-corrected chi connectivity index (χ0v) is 9.95. The number of nitrogens with zero attached hydrogens (tertiary/aromatic N) is 1. The highest BCUT2D eigenvalue weighted by atomic mass is 16.3. The lowest BCUT2D eigenvalue weighted by atomic mass is 9.95. The molecule has 0 fully saturated rings. The third-order valence-electron chi connectivity index (χ3n) is 2.67. The van der Waals surface area contributed by atoms with Crippen LogP contribution in [0.3, 0.4) is 0 Å². The Balaban J connectivity index is 2.97. The highest BCUT2D eigenvalue weighted by molar-refractivity contribution is 5.42. The first-order valence-corrected chi connectivity index (χ1v) is 5.69. The molecule has 1 rings (SSSR count). The van der Waals surface area contributed by atoms with Gasteiger partial charge in [0.1, 0.15) is 0 Å². The fourth-order valence-corrected chi connectivity index (χ4v) is 1.62. The topological polar surface area (TPSA) is 44.0 Å². The Morgan fingerprint density at radius 2 is 2.12 bits per heavy atom. The molecule has 0 amide bonds. The fraction of sp³-hybridized carbons (Fsp3) is 0.429. The van der Waals surface area contributed by atoms with Gasteiger partial charge in [-0.3, -0.25) is 0 Å². The zero-order valence-electron chi connectivity index (χ0n) is 9.95. The molecule has 0 atom stereocenters. The van der Waals surface area contributed by atoms with Gasteiger partial charge in [-0.15, -0.1) is 0 Å². The minimum atomic E-state index is 0.0437. The molecule has 16 heavy (non-hydrogen) atoms. The highest BCUT2D eigenvalue weighted by Gasteiger charge is 2.07. The van der Waals surface area contributed by atoms with Gasteiger partial charge < -0.3 is 5.11 Å². The maximum atomic E-state index is 9.10. The van der Waals surface area contributed by atoms with Gasteiger partial charge in [-0.25, -0.2) is 0 Å². The largest absolute Gasteiger partial charge is 0.395 e. The SMILES string of the molecule is CCCCc1cc(C#N)cc([C](C)CO)c1. The van der Waals surface area contributed by atoms with Crippen LogP contribution >= 0.6 is 0 Å². The number of aliphatic hydroxyl groups is 1. The van der Waals surface area contributed by atoms with E-state index in [0.29, 0.717) is 5.56 Å². The van der Waals surface area contributed by atoms with Gasteiger partial charge in [0.05, 0.1) is 18.2 Å². The van der Waals surface area contributed by atoms with Crippen LogP contribution in [-0.2, 0) is 6.42 Å². The lowest BCUT2D eigenvalue weighted by Crippen LogP contribution is -2.02. The third kappa shape index (κ3) is 3.36. The smallest absolute Gasteiger partial charge is 0.0991 e. The van der Waals surface area contributed by atoms with Crippen molar-refractivity contribution in [3.63, 3.8) is 0 Å². The Hall–Kier alpha value is -1.33. The Bertz CT molecular complexity index is 379. The first-order valence-electron chi connectivity index (χ1n) is 5.69. The van der Waals surface area contributed by atoms with Crippen molar-refractivity contribution in [2.75, 3.05) is 6.61 Å². The Labute approximate surface area is 97.5 Å². The van der Waals surface area contributed by atoms with Gasteiger partial charge in [0.25, 0.3) is 0 Å². The summed E-state index contributed by atoms with van der Waals surface area (Å²) >= 11 is 0. The molecule has 0 aromatic heterocycles. The molecule has 0 heterocycles. The standard InChI is InChI=1S/C14H18NO/c1-3-4-5-12-6-13(9-15)8-14(7-12)11(2)10-16/h6-8,16H,3-5,10H2,1-2H3. The maximum Gasteiger partial charge on any atom is 0.0991 e. The Kier molecular flexibility index (Phi) is 5.01. The molecule has 2 heteroatoms. The molecule has 0 saturated carbocycles. The van der Waals surface area contributed by atoms with Gasteiger partial charge in [-0.1, -0.05) is 26.3 Å². The summed E-state index contributed by atoms with van der Waals surface area (Å²) in [7, 11) is 0. The van der Waals surface area contributed by atoms with Crippen LogP contribution in [0.4, 0.5) is 0 Å². The second-order valence-electron chi connectivity index (χ2n) is 4.07. The molecule has 0 unspecified atom stereocenters. The average molecular weight is 216 g/mol. The summed E-state index contributed by atoms with van der Waals surface area (Å²) in [5, 5.41) is 18.0. The summed E-state index contributed by atoms with van der Waals surface area (Å²) in [5.74, 6) is 0.912. The summed E-state index contributed by atoms with van der Waals surface area (Å²) in [6.45, 7) is 4.09. The Morgan fingerprint density at radius 1 is 1.38 bits per heavy atom. The van der Waals surface area contributed by atoms with Crippen molar-refractivity contribution in [2.24, 2.45) is 0 Å². The Morgan fingerprint density at radius 3 is 2.69 bits per heavy atom. The van der Waals surface area contributed by atoms with Crippen molar-refractivity contribution >= 4 is 0 Å². The van der Waals surface area contributed by atoms with Gasteiger partial charge in [0, 0.05) is 5.92 Å². The number of aliphatic hydroxyl groups excluding tert-OH is 1. The predicted molar refractivity (Wildman–Crippen MR) is 64.9 cm³/mol. The van der Waals surface area contributed by atoms with Gasteiger partial charge in [0.15, 0.2) is 0 Å². The second kappa shape index (κ2) is 6.30. The van der Waals surface area contributed by atoms with Crippen LogP contribution in [0.2, 0.25) is 0 Å². The van der Waals surface area contributed by atoms with E-state index >= 15 is 0 Å². The van der Waals surface area contributed by atoms with E-state index < -0.39 is 0 Å². The summed E-state index contributed by atoms with van der Waals surface area (Å²) in [5.41, 5.74) is 2.84. The molecule has 0 bridgehead atoms. The number of nitriles is 1. The molecular weight excluding hydrogens is 198 g/mol. The van der Waals surface area contributed by atoms with Crippen molar-refractivity contribution in [3.8, 4) is 6.07 Å². The quantitative estimate of drug-likeness (QED) is 0.822. The van der Waals surface area contributed by atoms with Crippen LogP contribution in [-0.4, -0.2) is 11.7 Å². The molecule has 0 saturated heterocycles. The average Bonchev–Trinajstić information content (AvgIpc) is 2.34. The van der Waals surface area contributed by atoms with Crippen molar-refractivity contribution < 1.29 is 5.11 Å². The molecule has 2 nitrogen and oxygen atoms in total. The van der Waals surface area contributed by atoms with Gasteiger partial charge in [0.2, 0.25) is 0 Å². The van der Waals surface area contributed by atoms with E-state index in [1.165, 1.54) is 5.56 Å². The van der Waals surface area contributed by atoms with Crippen molar-refractivity contribution in [2.45, 2.75) is 33.1 Å². The van der Waals surface area contributed by atoms with Gasteiger partial charge in [-0.2, -0.15) is 5.26 Å². The summed E-state index contributed by atoms with van der Waals surface area (Å²) in [6, 6.07) is 8.01. The molecule has 1 aromatic rings. The zero-order chi connectivity index (χ0) is 12.0. The van der Waals surface area contributed by atoms with E-state index in [1.54, 1.807) is 0 Å². The minimum absolute atomic E-state index is 0.0437. The minimum Gasteiger partial charge on any atom is -0.395 e. The first kappa shape index (κ1) is 12.7. The molecule has 85 valence electrons. The van der Waals surface area contributed by atoms with E-state index in [4.69, 9.17) is 10.4 Å². The van der Waals surface area contributed by atoms with Crippen LogP contribution < -0.4 is 0 Å². The van der Waals surface area contributed by atoms with Crippen molar-refractivity contribution in [1.82, 2.24) is 0 Å². The number of benzene rings is 1. The normalized spacial score (nSPS) is 10.4. The molecule has 0 spiro atoms. The number of unbranched alkanes of at least 4 members (excludes halogenated alkanes) is 1. The second-order valence-corrected chi connectivity index (χ2v) is 4.07. The van der Waals surface area contributed by atoms with E-state index in [9.17, 15) is 0 Å². The molecule has 0 aliphatic heterocycles. The number of aryl methyl sites for hydroxylation is 1. The predicted octanol–water partition coefficient (Wildman–Crippen LogP) is 2.84. The summed E-state index contributed by atoms with van der Waals surface area (Å²) < 4.78 is 0. The third-order valence-corrected chi connectivity index (χ3v) is 2.67. The van der Waals surface area contributed by atoms with Crippen LogP contribution in [0.5, 0.6) is 0 Å². The molecule has 1 radical (unpaired) electrons. The maximum absolute atomic E-state index is 9.10. The van der Waals surface area contributed by atoms with Gasteiger partial charge >= 0.3 is 0 Å². The van der Waals surface area contributed by atoms with Crippen LogP contribution in [0, 0.1) is 17.2 Å². The van der Waals surface area contributed by atoms with Gasteiger partial charge in [-0.05, 0) is 36.1 Å². The van der Waals surface area contributed by atoms with E-state index in [2.05, 4.69) is 19.1 Å². The number of hydrogen-bond acceptors (Lipinski definition) is 2. The molecular formula is C14H18NO. The molecule has 1 aromatic carbocycles. The highest BCUT2D eigenvalue weighted by Crippen LogP contribution is 2.19. The lowest BCUT2D eigenvalue weighted by molar-refractivity contribution is 0.315. The first-order chi connectivity index (χ1) is 7.71. The van der Waals surface area contributed by atoms with E-state index in [1.807, 2.05) is 19.1 Å². The summed E-state index contributed by atoms with van der Waals surface area (Å²) in [4.78, 5) is 0.